The maximum atomic E-state index is 11.8. The summed E-state index contributed by atoms with van der Waals surface area (Å²) in [6, 6.07) is 1.35. The van der Waals surface area contributed by atoms with Crippen LogP contribution in [0, 0.1) is 0 Å². The molecule has 6 nitrogen and oxygen atoms in total. The van der Waals surface area contributed by atoms with E-state index in [1.165, 1.54) is 6.07 Å². The molecule has 0 fully saturated rings. The molecule has 0 saturated carbocycles. The molecule has 0 bridgehead atoms. The summed E-state index contributed by atoms with van der Waals surface area (Å²) in [7, 11) is -3.66. The van der Waals surface area contributed by atoms with Gasteiger partial charge in [-0.15, -0.1) is 11.3 Å². The number of aromatic nitrogens is 3. The Labute approximate surface area is 112 Å². The molecule has 0 saturated heterocycles. The first-order valence-corrected chi connectivity index (χ1v) is 7.86. The molecule has 2 rings (SSSR count). The van der Waals surface area contributed by atoms with E-state index in [0.29, 0.717) is 8.81 Å². The van der Waals surface area contributed by atoms with Gasteiger partial charge in [-0.3, -0.25) is 4.72 Å². The lowest BCUT2D eigenvalue weighted by Gasteiger charge is -1.99. The zero-order valence-electron chi connectivity index (χ0n) is 7.22. The van der Waals surface area contributed by atoms with Gasteiger partial charge >= 0.3 is 0 Å². The molecule has 0 unspecified atom stereocenters. The molecule has 0 spiro atoms. The summed E-state index contributed by atoms with van der Waals surface area (Å²) < 4.78 is 29.9. The largest absolute Gasteiger partial charge is 0.273 e. The molecule has 0 aliphatic carbocycles. The van der Waals surface area contributed by atoms with Crippen LogP contribution in [0.2, 0.25) is 5.02 Å². The van der Waals surface area contributed by atoms with Crippen molar-refractivity contribution in [3.63, 3.8) is 0 Å². The third kappa shape index (κ3) is 2.51. The maximum absolute atomic E-state index is 11.8. The molecule has 0 amide bonds. The topological polar surface area (TPSA) is 84.8 Å². The van der Waals surface area contributed by atoms with Gasteiger partial charge in [0.1, 0.15) is 4.21 Å². The molecule has 2 aromatic rings. The summed E-state index contributed by atoms with van der Waals surface area (Å²) in [5.74, 6) is 0. The van der Waals surface area contributed by atoms with Gasteiger partial charge in [0, 0.05) is 11.5 Å². The second-order valence-corrected chi connectivity index (χ2v) is 7.88. The minimum atomic E-state index is -3.66. The third-order valence-corrected chi connectivity index (χ3v) is 6.34. The molecule has 2 heterocycles. The fraction of sp³-hybridized carbons (Fsp3) is 0. The van der Waals surface area contributed by atoms with Crippen LogP contribution in [0.5, 0.6) is 0 Å². The predicted octanol–water partition coefficient (Wildman–Crippen LogP) is 2.21. The Morgan fingerprint density at radius 3 is 2.75 bits per heavy atom. The Kier molecular flexibility index (Phi) is 3.45. The number of sulfonamides is 1. The first-order chi connectivity index (χ1) is 7.49. The van der Waals surface area contributed by atoms with Gasteiger partial charge < -0.3 is 0 Å². The Hall–Kier alpha value is -0.290. The number of thiophene rings is 1. The molecule has 11 heteroatoms. The molecule has 1 N–H and O–H groups in total. The van der Waals surface area contributed by atoms with Crippen LogP contribution in [0.15, 0.2) is 14.1 Å². The molecule has 2 aromatic heterocycles. The van der Waals surface area contributed by atoms with Gasteiger partial charge in [-0.2, -0.15) is 0 Å². The highest BCUT2D eigenvalue weighted by Crippen LogP contribution is 2.35. The van der Waals surface area contributed by atoms with Gasteiger partial charge in [-0.25, -0.2) is 8.42 Å². The highest BCUT2D eigenvalue weighted by atomic mass is 79.9. The van der Waals surface area contributed by atoms with Crippen molar-refractivity contribution < 1.29 is 8.42 Å². The van der Waals surface area contributed by atoms with E-state index in [1.807, 2.05) is 0 Å². The normalized spacial score (nSPS) is 11.6. The summed E-state index contributed by atoms with van der Waals surface area (Å²) >= 11 is 10.8. The Morgan fingerprint density at radius 2 is 2.25 bits per heavy atom. The number of hydrogen-bond donors (Lipinski definition) is 1. The average molecular weight is 362 g/mol. The zero-order valence-corrected chi connectivity index (χ0v) is 12.0. The molecule has 16 heavy (non-hydrogen) atoms. The summed E-state index contributed by atoms with van der Waals surface area (Å²) in [4.78, 5) is 0. The lowest BCUT2D eigenvalue weighted by molar-refractivity contribution is 0.603. The average Bonchev–Trinajstić information content (AvgIpc) is 2.78. The quantitative estimate of drug-likeness (QED) is 0.906. The number of rotatable bonds is 3. The molecular weight excluding hydrogens is 360 g/mol. The van der Waals surface area contributed by atoms with E-state index >= 15 is 0 Å². The second-order valence-electron chi connectivity index (χ2n) is 2.46. The van der Waals surface area contributed by atoms with E-state index in [4.69, 9.17) is 11.6 Å². The summed E-state index contributed by atoms with van der Waals surface area (Å²) in [5, 5.41) is 7.23. The van der Waals surface area contributed by atoms with E-state index in [2.05, 4.69) is 35.5 Å². The second kappa shape index (κ2) is 4.53. The first kappa shape index (κ1) is 12.2. The van der Waals surface area contributed by atoms with Crippen LogP contribution < -0.4 is 4.72 Å². The van der Waals surface area contributed by atoms with Crippen LogP contribution in [0.25, 0.3) is 0 Å². The Balaban J connectivity index is 2.32. The van der Waals surface area contributed by atoms with Crippen LogP contribution in [0.4, 0.5) is 5.13 Å². The minimum Gasteiger partial charge on any atom is -0.251 e. The lowest BCUT2D eigenvalue weighted by Crippen LogP contribution is -2.11. The molecular formula is C5H2BrClN4O2S3. The molecule has 0 aromatic carbocycles. The fourth-order valence-electron chi connectivity index (χ4n) is 0.798. The van der Waals surface area contributed by atoms with Crippen molar-refractivity contribution in [2.45, 2.75) is 4.21 Å². The monoisotopic (exact) mass is 360 g/mol. The number of hydrogen-bond acceptors (Lipinski definition) is 7. The van der Waals surface area contributed by atoms with Crippen molar-refractivity contribution in [1.82, 2.24) is 14.8 Å². The zero-order chi connectivity index (χ0) is 11.8. The molecule has 86 valence electrons. The fourth-order valence-corrected chi connectivity index (χ4v) is 4.78. The minimum absolute atomic E-state index is 0.0968. The summed E-state index contributed by atoms with van der Waals surface area (Å²) in [5.41, 5.74) is 0. The SMILES string of the molecule is O=S(=O)(Nc1nnns1)c1cc(Cl)c(Br)s1. The van der Waals surface area contributed by atoms with Crippen LogP contribution in [0.1, 0.15) is 0 Å². The highest BCUT2D eigenvalue weighted by molar-refractivity contribution is 9.11. The van der Waals surface area contributed by atoms with Gasteiger partial charge in [-0.05, 0) is 27.2 Å². The first-order valence-electron chi connectivity index (χ1n) is 3.62. The van der Waals surface area contributed by atoms with Crippen molar-refractivity contribution in [3.8, 4) is 0 Å². The van der Waals surface area contributed by atoms with Crippen molar-refractivity contribution in [1.29, 1.82) is 0 Å². The van der Waals surface area contributed by atoms with Crippen LogP contribution in [-0.2, 0) is 10.0 Å². The van der Waals surface area contributed by atoms with E-state index in [9.17, 15) is 8.42 Å². The molecule has 0 aliphatic rings. The van der Waals surface area contributed by atoms with E-state index in [0.717, 1.165) is 22.9 Å². The molecule has 0 radical (unpaired) electrons. The lowest BCUT2D eigenvalue weighted by atomic mass is 10.7. The summed E-state index contributed by atoms with van der Waals surface area (Å²) in [6.07, 6.45) is 0. The van der Waals surface area contributed by atoms with E-state index in [-0.39, 0.29) is 9.34 Å². The van der Waals surface area contributed by atoms with Gasteiger partial charge in [0.25, 0.3) is 10.0 Å². The third-order valence-electron chi connectivity index (χ3n) is 1.41. The van der Waals surface area contributed by atoms with Gasteiger partial charge in [0.15, 0.2) is 0 Å². The van der Waals surface area contributed by atoms with Crippen molar-refractivity contribution in [2.75, 3.05) is 4.72 Å². The molecule has 0 atom stereocenters. The number of halogens is 2. The number of nitrogens with one attached hydrogen (secondary N) is 1. The van der Waals surface area contributed by atoms with Crippen LogP contribution >= 0.6 is 50.4 Å². The number of nitrogens with zero attached hydrogens (tertiary/aromatic N) is 3. The van der Waals surface area contributed by atoms with E-state index in [1.54, 1.807) is 0 Å². The summed E-state index contributed by atoms with van der Waals surface area (Å²) in [6.45, 7) is 0. The Morgan fingerprint density at radius 1 is 1.50 bits per heavy atom. The van der Waals surface area contributed by atoms with E-state index < -0.39 is 10.0 Å². The smallest absolute Gasteiger partial charge is 0.251 e. The van der Waals surface area contributed by atoms with Gasteiger partial charge in [0.2, 0.25) is 5.13 Å². The van der Waals surface area contributed by atoms with Crippen molar-refractivity contribution in [2.24, 2.45) is 0 Å². The maximum Gasteiger partial charge on any atom is 0.273 e. The van der Waals surface area contributed by atoms with Crippen molar-refractivity contribution in [3.05, 3.63) is 14.9 Å². The standard InChI is InChI=1S/C5H2BrClN4O2S3/c6-4-2(7)1-3(14-4)16(12,13)9-5-8-10-11-15-5/h1H,(H,8,9,11). The number of anilines is 1. The predicted molar refractivity (Wildman–Crippen MR) is 65.5 cm³/mol. The van der Waals surface area contributed by atoms with Crippen LogP contribution in [0.3, 0.4) is 0 Å². The van der Waals surface area contributed by atoms with Gasteiger partial charge in [0.05, 0.1) is 8.81 Å². The van der Waals surface area contributed by atoms with Crippen molar-refractivity contribution >= 4 is 65.6 Å². The Bertz CT molecular complexity index is 576. The van der Waals surface area contributed by atoms with Crippen LogP contribution in [-0.4, -0.2) is 23.2 Å². The molecule has 0 aliphatic heterocycles. The van der Waals surface area contributed by atoms with Gasteiger partial charge in [-0.1, -0.05) is 21.2 Å². The highest BCUT2D eigenvalue weighted by Gasteiger charge is 2.20.